The van der Waals surface area contributed by atoms with E-state index in [0.717, 1.165) is 68.6 Å². The van der Waals surface area contributed by atoms with E-state index in [2.05, 4.69) is 42.0 Å². The molecule has 2 N–H and O–H groups in total. The van der Waals surface area contributed by atoms with Gasteiger partial charge in [0.1, 0.15) is 11.4 Å². The highest BCUT2D eigenvalue weighted by Crippen LogP contribution is 2.41. The highest BCUT2D eigenvalue weighted by atomic mass is 16.5. The van der Waals surface area contributed by atoms with Gasteiger partial charge in [0.25, 0.3) is 0 Å². The lowest BCUT2D eigenvalue weighted by Crippen LogP contribution is -2.53. The lowest BCUT2D eigenvalue weighted by atomic mass is 9.81. The molecule has 0 aromatic heterocycles. The molecule has 1 aliphatic carbocycles. The number of nitrogens with zero attached hydrogens (tertiary/aromatic N) is 2. The lowest BCUT2D eigenvalue weighted by Gasteiger charge is -2.47. The number of benzene rings is 2. The van der Waals surface area contributed by atoms with Gasteiger partial charge in [0.2, 0.25) is 0 Å². The minimum absolute atomic E-state index is 0.00782. The molecule has 2 aliphatic heterocycles. The summed E-state index contributed by atoms with van der Waals surface area (Å²) in [6.07, 6.45) is 15.8. The largest absolute Gasteiger partial charge is 0.487 e. The number of hydrogen-bond acceptors (Lipinski definition) is 4. The Morgan fingerprint density at radius 3 is 2.57 bits per heavy atom. The fourth-order valence-corrected chi connectivity index (χ4v) is 5.31. The first-order chi connectivity index (χ1) is 14.6. The van der Waals surface area contributed by atoms with Crippen LogP contribution in [0, 0.1) is 24.2 Å². The normalized spacial score (nSPS) is 21.8. The Morgan fingerprint density at radius 1 is 1.00 bits per heavy atom. The molecular formula is C26H29N3O. The third-order valence-corrected chi connectivity index (χ3v) is 7.02. The average Bonchev–Trinajstić information content (AvgIpc) is 2.80. The van der Waals surface area contributed by atoms with E-state index < -0.39 is 0 Å². The number of nitriles is 1. The van der Waals surface area contributed by atoms with Crippen LogP contribution >= 0.6 is 0 Å². The van der Waals surface area contributed by atoms with Gasteiger partial charge in [-0.05, 0) is 92.0 Å². The van der Waals surface area contributed by atoms with Crippen molar-refractivity contribution in [3.8, 4) is 24.7 Å². The van der Waals surface area contributed by atoms with Crippen LogP contribution in [-0.4, -0.2) is 29.6 Å². The van der Waals surface area contributed by atoms with E-state index >= 15 is 0 Å². The summed E-state index contributed by atoms with van der Waals surface area (Å²) >= 11 is 0. The van der Waals surface area contributed by atoms with E-state index in [9.17, 15) is 0 Å². The Hall–Kier alpha value is -2.95. The van der Waals surface area contributed by atoms with Gasteiger partial charge < -0.3 is 10.5 Å². The standard InChI is InChI=1S/C24H27N3O.C2H2/c25-16-17-1-2-19-15-22(5-3-18(19)13-17)27-11-9-24(10-12-27)8-7-20-14-21(26)4-6-23(20)28-24;1-2/h1-2,4,6,13-14,22H,3,5,7-12,15,26H2;1-2H. The van der Waals surface area contributed by atoms with Crippen LogP contribution in [0.2, 0.25) is 0 Å². The molecule has 4 nitrogen and oxygen atoms in total. The van der Waals surface area contributed by atoms with Crippen molar-refractivity contribution in [2.75, 3.05) is 18.8 Å². The molecule has 1 fully saturated rings. The molecular weight excluding hydrogens is 370 g/mol. The molecule has 2 heterocycles. The second-order valence-corrected chi connectivity index (χ2v) is 8.68. The van der Waals surface area contributed by atoms with Crippen molar-refractivity contribution in [2.24, 2.45) is 0 Å². The number of rotatable bonds is 1. The van der Waals surface area contributed by atoms with Crippen LogP contribution in [0.15, 0.2) is 36.4 Å². The number of fused-ring (bicyclic) bond motifs is 2. The molecule has 0 bridgehead atoms. The van der Waals surface area contributed by atoms with Crippen LogP contribution in [0.5, 0.6) is 5.75 Å². The smallest absolute Gasteiger partial charge is 0.123 e. The van der Waals surface area contributed by atoms with Crippen LogP contribution in [0.3, 0.4) is 0 Å². The number of terminal acetylenes is 1. The predicted molar refractivity (Wildman–Crippen MR) is 120 cm³/mol. The average molecular weight is 400 g/mol. The molecule has 1 atom stereocenters. The Kier molecular flexibility index (Phi) is 5.71. The SMILES string of the molecule is C#C.N#Cc1ccc2c(c1)CCC(N1CCC3(CCc4cc(N)ccc4O3)CC1)C2. The third kappa shape index (κ3) is 3.89. The molecule has 1 spiro atoms. The summed E-state index contributed by atoms with van der Waals surface area (Å²) < 4.78 is 6.52. The van der Waals surface area contributed by atoms with E-state index in [4.69, 9.17) is 15.7 Å². The van der Waals surface area contributed by atoms with Gasteiger partial charge in [0.05, 0.1) is 11.6 Å². The quantitative estimate of drug-likeness (QED) is 0.579. The van der Waals surface area contributed by atoms with Gasteiger partial charge >= 0.3 is 0 Å². The fraction of sp³-hybridized carbons (Fsp3) is 0.423. The highest BCUT2D eigenvalue weighted by molar-refractivity contribution is 5.49. The van der Waals surface area contributed by atoms with E-state index in [1.807, 2.05) is 18.2 Å². The summed E-state index contributed by atoms with van der Waals surface area (Å²) in [6, 6.07) is 15.2. The number of piperidine rings is 1. The number of ether oxygens (including phenoxy) is 1. The van der Waals surface area contributed by atoms with Gasteiger partial charge in [-0.1, -0.05) is 6.07 Å². The first-order valence-electron chi connectivity index (χ1n) is 10.8. The van der Waals surface area contributed by atoms with Gasteiger partial charge in [-0.25, -0.2) is 0 Å². The van der Waals surface area contributed by atoms with Crippen LogP contribution in [0.4, 0.5) is 5.69 Å². The number of nitrogen functional groups attached to an aromatic ring is 1. The number of likely N-dealkylation sites (tertiary alicyclic amines) is 1. The monoisotopic (exact) mass is 399 g/mol. The number of hydrogen-bond donors (Lipinski definition) is 1. The van der Waals surface area contributed by atoms with Crippen molar-refractivity contribution in [1.29, 1.82) is 5.26 Å². The van der Waals surface area contributed by atoms with E-state index in [1.54, 1.807) is 0 Å². The van der Waals surface area contributed by atoms with Gasteiger partial charge in [-0.3, -0.25) is 4.90 Å². The molecule has 0 radical (unpaired) electrons. The first kappa shape index (κ1) is 20.3. The predicted octanol–water partition coefficient (Wildman–Crippen LogP) is 4.11. The third-order valence-electron chi connectivity index (χ3n) is 7.02. The summed E-state index contributed by atoms with van der Waals surface area (Å²) in [5.41, 5.74) is 11.6. The summed E-state index contributed by atoms with van der Waals surface area (Å²) in [7, 11) is 0. The van der Waals surface area contributed by atoms with Crippen LogP contribution in [0.25, 0.3) is 0 Å². The number of aryl methyl sites for hydroxylation is 2. The molecule has 3 aliphatic rings. The van der Waals surface area contributed by atoms with E-state index in [1.165, 1.54) is 23.1 Å². The van der Waals surface area contributed by atoms with E-state index in [-0.39, 0.29) is 5.60 Å². The van der Waals surface area contributed by atoms with Crippen LogP contribution < -0.4 is 10.5 Å². The lowest BCUT2D eigenvalue weighted by molar-refractivity contribution is -0.0259. The maximum absolute atomic E-state index is 9.11. The molecule has 2 aromatic rings. The molecule has 2 aromatic carbocycles. The fourth-order valence-electron chi connectivity index (χ4n) is 5.31. The highest BCUT2D eigenvalue weighted by Gasteiger charge is 2.41. The molecule has 1 saturated heterocycles. The maximum atomic E-state index is 9.11. The molecule has 1 unspecified atom stereocenters. The zero-order valence-electron chi connectivity index (χ0n) is 17.4. The Balaban J connectivity index is 0.00000106. The summed E-state index contributed by atoms with van der Waals surface area (Å²) in [5, 5.41) is 9.11. The summed E-state index contributed by atoms with van der Waals surface area (Å²) in [5.74, 6) is 1.04. The Bertz CT molecular complexity index is 980. The molecule has 154 valence electrons. The molecule has 4 heteroatoms. The minimum Gasteiger partial charge on any atom is -0.487 e. The van der Waals surface area contributed by atoms with Crippen LogP contribution in [-0.2, 0) is 19.3 Å². The topological polar surface area (TPSA) is 62.3 Å². The Labute approximate surface area is 179 Å². The van der Waals surface area contributed by atoms with Crippen LogP contribution in [0.1, 0.15) is 47.9 Å². The number of anilines is 1. The van der Waals surface area contributed by atoms with Crippen molar-refractivity contribution < 1.29 is 4.74 Å². The van der Waals surface area contributed by atoms with Gasteiger partial charge in [0.15, 0.2) is 0 Å². The van der Waals surface area contributed by atoms with Crippen molar-refractivity contribution >= 4 is 5.69 Å². The number of nitrogens with two attached hydrogens (primary N) is 1. The van der Waals surface area contributed by atoms with Gasteiger partial charge in [0, 0.05) is 24.8 Å². The zero-order valence-corrected chi connectivity index (χ0v) is 17.4. The summed E-state index contributed by atoms with van der Waals surface area (Å²) in [4.78, 5) is 2.67. The minimum atomic E-state index is 0.00782. The molecule has 5 rings (SSSR count). The zero-order chi connectivity index (χ0) is 21.1. The molecule has 0 amide bonds. The van der Waals surface area contributed by atoms with Crippen molar-refractivity contribution in [1.82, 2.24) is 4.90 Å². The van der Waals surface area contributed by atoms with Gasteiger partial charge in [-0.2, -0.15) is 5.26 Å². The second-order valence-electron chi connectivity index (χ2n) is 8.68. The van der Waals surface area contributed by atoms with Crippen molar-refractivity contribution in [3.63, 3.8) is 0 Å². The summed E-state index contributed by atoms with van der Waals surface area (Å²) in [6.45, 7) is 2.22. The van der Waals surface area contributed by atoms with E-state index in [0.29, 0.717) is 6.04 Å². The van der Waals surface area contributed by atoms with Crippen molar-refractivity contribution in [2.45, 2.75) is 56.6 Å². The maximum Gasteiger partial charge on any atom is 0.123 e. The first-order valence-corrected chi connectivity index (χ1v) is 10.8. The van der Waals surface area contributed by atoms with Gasteiger partial charge in [-0.15, -0.1) is 12.8 Å². The van der Waals surface area contributed by atoms with Crippen molar-refractivity contribution in [3.05, 3.63) is 58.7 Å². The molecule has 30 heavy (non-hydrogen) atoms. The second kappa shape index (κ2) is 8.42. The Morgan fingerprint density at radius 2 is 1.80 bits per heavy atom. The molecule has 0 saturated carbocycles.